The number of phenols is 1. The molecule has 158 valence electrons. The van der Waals surface area contributed by atoms with Gasteiger partial charge >= 0.3 is 0 Å². The molecule has 1 heterocycles. The van der Waals surface area contributed by atoms with Gasteiger partial charge in [-0.3, -0.25) is 20.2 Å². The van der Waals surface area contributed by atoms with Crippen LogP contribution >= 0.6 is 12.2 Å². The quantitative estimate of drug-likeness (QED) is 0.287. The normalized spacial score (nSPS) is 13.6. The predicted octanol–water partition coefficient (Wildman–Crippen LogP) is 2.83. The summed E-state index contributed by atoms with van der Waals surface area (Å²) in [6.07, 6.45) is 0.769. The first-order valence-electron chi connectivity index (χ1n) is 9.44. The molecule has 3 rings (SSSR count). The third-order valence-corrected chi connectivity index (χ3v) is 4.94. The van der Waals surface area contributed by atoms with E-state index in [1.807, 2.05) is 11.8 Å². The molecule has 0 bridgehead atoms. The molecule has 0 unspecified atom stereocenters. The zero-order chi connectivity index (χ0) is 21.7. The molecule has 2 aromatic carbocycles. The predicted molar refractivity (Wildman–Crippen MR) is 117 cm³/mol. The van der Waals surface area contributed by atoms with Gasteiger partial charge < -0.3 is 20.1 Å². The molecule has 1 aliphatic rings. The molecule has 0 saturated carbocycles. The van der Waals surface area contributed by atoms with Gasteiger partial charge in [0.05, 0.1) is 35.1 Å². The number of anilines is 2. The lowest BCUT2D eigenvalue weighted by molar-refractivity contribution is -0.384. The van der Waals surface area contributed by atoms with Crippen molar-refractivity contribution in [3.8, 4) is 5.75 Å². The minimum Gasteiger partial charge on any atom is -0.506 e. The molecule has 0 aliphatic carbocycles. The van der Waals surface area contributed by atoms with Crippen molar-refractivity contribution in [1.29, 1.82) is 0 Å². The summed E-state index contributed by atoms with van der Waals surface area (Å²) >= 11 is 5.21. The largest absolute Gasteiger partial charge is 0.506 e. The number of nitro groups is 1. The van der Waals surface area contributed by atoms with Crippen LogP contribution in [0.1, 0.15) is 22.8 Å². The molecular formula is C20H22N4O5S. The van der Waals surface area contributed by atoms with E-state index in [1.165, 1.54) is 12.1 Å². The summed E-state index contributed by atoms with van der Waals surface area (Å²) in [5.74, 6) is -0.586. The summed E-state index contributed by atoms with van der Waals surface area (Å²) in [6.45, 7) is 4.12. The summed E-state index contributed by atoms with van der Waals surface area (Å²) in [7, 11) is 0. The highest BCUT2D eigenvalue weighted by atomic mass is 32.1. The maximum absolute atomic E-state index is 12.9. The fourth-order valence-electron chi connectivity index (χ4n) is 3.13. The van der Waals surface area contributed by atoms with Gasteiger partial charge in [0.2, 0.25) is 0 Å². The second-order valence-corrected chi connectivity index (χ2v) is 7.08. The Morgan fingerprint density at radius 3 is 2.67 bits per heavy atom. The molecule has 1 amide bonds. The highest BCUT2D eigenvalue weighted by Crippen LogP contribution is 2.27. The number of nitrogens with zero attached hydrogens (tertiary/aromatic N) is 2. The number of carbonyl (C=O) groups is 1. The Bertz CT molecular complexity index is 976. The van der Waals surface area contributed by atoms with Crippen LogP contribution in [-0.4, -0.2) is 47.4 Å². The number of morpholine rings is 1. The number of aryl methyl sites for hydroxylation is 1. The number of hydrogen-bond donors (Lipinski definition) is 3. The zero-order valence-corrected chi connectivity index (χ0v) is 17.2. The molecule has 0 atom stereocenters. The molecule has 1 aliphatic heterocycles. The van der Waals surface area contributed by atoms with E-state index in [0.717, 1.165) is 12.0 Å². The molecule has 0 radical (unpaired) electrons. The molecule has 1 saturated heterocycles. The van der Waals surface area contributed by atoms with E-state index in [2.05, 4.69) is 10.6 Å². The number of nitrogens with one attached hydrogen (secondary N) is 2. The topological polar surface area (TPSA) is 117 Å². The maximum Gasteiger partial charge on any atom is 0.270 e. The van der Waals surface area contributed by atoms with Crippen LogP contribution in [0.5, 0.6) is 5.75 Å². The number of rotatable bonds is 5. The van der Waals surface area contributed by atoms with Crippen molar-refractivity contribution in [2.45, 2.75) is 13.3 Å². The number of nitro benzene ring substituents is 1. The SMILES string of the molecule is CCc1ccc(O)c(NC(=S)NC(=O)c2cc([N+](=O)[O-])ccc2N2CCOCC2)c1. The van der Waals surface area contributed by atoms with E-state index < -0.39 is 10.8 Å². The van der Waals surface area contributed by atoms with Crippen molar-refractivity contribution in [1.82, 2.24) is 5.32 Å². The van der Waals surface area contributed by atoms with E-state index in [-0.39, 0.29) is 22.1 Å². The minimum atomic E-state index is -0.580. The van der Waals surface area contributed by atoms with Crippen molar-refractivity contribution in [3.05, 3.63) is 57.6 Å². The fraction of sp³-hybridized carbons (Fsp3) is 0.300. The third-order valence-electron chi connectivity index (χ3n) is 4.73. The van der Waals surface area contributed by atoms with Gasteiger partial charge in [-0.2, -0.15) is 0 Å². The Kier molecular flexibility index (Phi) is 6.80. The van der Waals surface area contributed by atoms with Crippen LogP contribution in [0.15, 0.2) is 36.4 Å². The number of thiocarbonyl (C=S) groups is 1. The van der Waals surface area contributed by atoms with Gasteiger partial charge in [0.1, 0.15) is 5.75 Å². The third kappa shape index (κ3) is 5.02. The van der Waals surface area contributed by atoms with Crippen molar-refractivity contribution < 1.29 is 19.6 Å². The number of hydrogen-bond acceptors (Lipinski definition) is 7. The molecule has 0 aromatic heterocycles. The summed E-state index contributed by atoms with van der Waals surface area (Å²) in [4.78, 5) is 25.5. The molecule has 9 nitrogen and oxygen atoms in total. The van der Waals surface area contributed by atoms with E-state index in [4.69, 9.17) is 17.0 Å². The van der Waals surface area contributed by atoms with Gasteiger partial charge in [0.25, 0.3) is 11.6 Å². The first-order valence-corrected chi connectivity index (χ1v) is 9.85. The van der Waals surface area contributed by atoms with E-state index >= 15 is 0 Å². The molecule has 2 aromatic rings. The Labute approximate surface area is 178 Å². The van der Waals surface area contributed by atoms with Crippen LogP contribution in [-0.2, 0) is 11.2 Å². The molecule has 1 fully saturated rings. The number of non-ortho nitro benzene ring substituents is 1. The van der Waals surface area contributed by atoms with Crippen molar-refractivity contribution in [2.75, 3.05) is 36.5 Å². The highest BCUT2D eigenvalue weighted by molar-refractivity contribution is 7.80. The molecule has 30 heavy (non-hydrogen) atoms. The Morgan fingerprint density at radius 2 is 2.00 bits per heavy atom. The number of phenolic OH excluding ortho intramolecular Hbond substituents is 1. The van der Waals surface area contributed by atoms with Crippen molar-refractivity contribution in [2.24, 2.45) is 0 Å². The lowest BCUT2D eigenvalue weighted by Crippen LogP contribution is -2.39. The lowest BCUT2D eigenvalue weighted by atomic mass is 10.1. The molecule has 0 spiro atoms. The number of carbonyl (C=O) groups excluding carboxylic acids is 1. The van der Waals surface area contributed by atoms with Crippen LogP contribution in [0.3, 0.4) is 0 Å². The van der Waals surface area contributed by atoms with Gasteiger partial charge in [-0.05, 0) is 42.4 Å². The molecule has 10 heteroatoms. The standard InChI is InChI=1S/C20H22N4O5S/c1-2-13-3-6-18(25)16(11-13)21-20(30)22-19(26)15-12-14(24(27)28)4-5-17(15)23-7-9-29-10-8-23/h3-6,11-12,25H,2,7-10H2,1H3,(H2,21,22,26,30). The number of aromatic hydroxyl groups is 1. The monoisotopic (exact) mass is 430 g/mol. The summed E-state index contributed by atoms with van der Waals surface area (Å²) in [6, 6.07) is 9.23. The number of benzene rings is 2. The van der Waals surface area contributed by atoms with Crippen LogP contribution in [0, 0.1) is 10.1 Å². The van der Waals surface area contributed by atoms with E-state index in [0.29, 0.717) is 37.7 Å². The first-order chi connectivity index (χ1) is 14.4. The zero-order valence-electron chi connectivity index (χ0n) is 16.4. The lowest BCUT2D eigenvalue weighted by Gasteiger charge is -2.30. The summed E-state index contributed by atoms with van der Waals surface area (Å²) < 4.78 is 5.34. The minimum absolute atomic E-state index is 0.00634. The Balaban J connectivity index is 1.81. The van der Waals surface area contributed by atoms with Crippen LogP contribution in [0.2, 0.25) is 0 Å². The van der Waals surface area contributed by atoms with E-state index in [1.54, 1.807) is 24.3 Å². The first kappa shape index (κ1) is 21.5. The second-order valence-electron chi connectivity index (χ2n) is 6.67. The summed E-state index contributed by atoms with van der Waals surface area (Å²) in [5, 5.41) is 26.5. The number of amides is 1. The average molecular weight is 430 g/mol. The Hall–Kier alpha value is -3.24. The fourth-order valence-corrected chi connectivity index (χ4v) is 3.33. The van der Waals surface area contributed by atoms with Crippen LogP contribution < -0.4 is 15.5 Å². The van der Waals surface area contributed by atoms with E-state index in [9.17, 15) is 20.0 Å². The van der Waals surface area contributed by atoms with Gasteiger partial charge in [0, 0.05) is 25.2 Å². The maximum atomic E-state index is 12.9. The van der Waals surface area contributed by atoms with Crippen LogP contribution in [0.25, 0.3) is 0 Å². The average Bonchev–Trinajstić information content (AvgIpc) is 2.75. The van der Waals surface area contributed by atoms with Crippen molar-refractivity contribution in [3.63, 3.8) is 0 Å². The highest BCUT2D eigenvalue weighted by Gasteiger charge is 2.22. The smallest absolute Gasteiger partial charge is 0.270 e. The van der Waals surface area contributed by atoms with Gasteiger partial charge in [-0.25, -0.2) is 0 Å². The van der Waals surface area contributed by atoms with Gasteiger partial charge in [-0.1, -0.05) is 13.0 Å². The Morgan fingerprint density at radius 1 is 1.27 bits per heavy atom. The number of ether oxygens (including phenoxy) is 1. The van der Waals surface area contributed by atoms with Crippen LogP contribution in [0.4, 0.5) is 17.1 Å². The molecule has 3 N–H and O–H groups in total. The van der Waals surface area contributed by atoms with Gasteiger partial charge in [0.15, 0.2) is 5.11 Å². The van der Waals surface area contributed by atoms with Gasteiger partial charge in [-0.15, -0.1) is 0 Å². The summed E-state index contributed by atoms with van der Waals surface area (Å²) in [5.41, 5.74) is 1.87. The molecular weight excluding hydrogens is 408 g/mol. The second kappa shape index (κ2) is 9.51. The van der Waals surface area contributed by atoms with Crippen molar-refractivity contribution >= 4 is 40.3 Å².